The predicted octanol–water partition coefficient (Wildman–Crippen LogP) is 3.94. The second-order valence-electron chi connectivity index (χ2n) is 7.67. The zero-order valence-corrected chi connectivity index (χ0v) is 20.4. The van der Waals surface area contributed by atoms with E-state index in [9.17, 15) is 4.79 Å². The van der Waals surface area contributed by atoms with Gasteiger partial charge in [-0.2, -0.15) is 0 Å². The van der Waals surface area contributed by atoms with Gasteiger partial charge in [0.2, 0.25) is 0 Å². The molecule has 2 aromatic carbocycles. The van der Waals surface area contributed by atoms with Crippen molar-refractivity contribution in [3.05, 3.63) is 59.7 Å². The fourth-order valence-electron chi connectivity index (χ4n) is 2.86. The van der Waals surface area contributed by atoms with E-state index < -0.39 is 6.16 Å². The monoisotopic (exact) mass is 482 g/mol. The Morgan fingerprint density at radius 2 is 1.11 bits per heavy atom. The Morgan fingerprint density at radius 3 is 1.43 bits per heavy atom. The average Bonchev–Trinajstić information content (AvgIpc) is 2.87. The third-order valence-corrected chi connectivity index (χ3v) is 4.80. The number of aliphatic hydroxyl groups excluding tert-OH is 2. The lowest BCUT2D eigenvalue weighted by Gasteiger charge is -2.26. The Morgan fingerprint density at radius 1 is 0.743 bits per heavy atom. The lowest BCUT2D eigenvalue weighted by molar-refractivity contribution is 0.0585. The quantitative estimate of drug-likeness (QED) is 0.269. The van der Waals surface area contributed by atoms with E-state index in [0.29, 0.717) is 26.1 Å². The Kier molecular flexibility index (Phi) is 14.2. The van der Waals surface area contributed by atoms with Crippen molar-refractivity contribution in [1.82, 2.24) is 0 Å². The van der Waals surface area contributed by atoms with Crippen molar-refractivity contribution in [2.75, 3.05) is 39.6 Å². The molecule has 0 aliphatic heterocycles. The highest BCUT2D eigenvalue weighted by Crippen LogP contribution is 2.33. The molecule has 0 saturated carbocycles. The maximum Gasteiger partial charge on any atom is 0.508 e. The van der Waals surface area contributed by atoms with Crippen molar-refractivity contribution in [3.8, 4) is 36.2 Å². The van der Waals surface area contributed by atoms with Crippen LogP contribution in [0.5, 0.6) is 11.5 Å². The molecule has 7 heteroatoms. The summed E-state index contributed by atoms with van der Waals surface area (Å²) >= 11 is 0. The largest absolute Gasteiger partial charge is 0.508 e. The number of hydrogen-bond donors (Lipinski definition) is 2. The van der Waals surface area contributed by atoms with E-state index in [4.69, 9.17) is 32.5 Å². The molecule has 0 aliphatic carbocycles. The first-order valence-corrected chi connectivity index (χ1v) is 11.2. The Labute approximate surface area is 208 Å². The molecule has 35 heavy (non-hydrogen) atoms. The van der Waals surface area contributed by atoms with E-state index in [-0.39, 0.29) is 31.8 Å². The van der Waals surface area contributed by atoms with Crippen molar-refractivity contribution in [3.63, 3.8) is 0 Å². The number of hydrogen-bond acceptors (Lipinski definition) is 7. The topological polar surface area (TPSA) is 94.5 Å². The van der Waals surface area contributed by atoms with Crippen molar-refractivity contribution in [2.24, 2.45) is 0 Å². The Bertz CT molecular complexity index is 860. The maximum atomic E-state index is 10.6. The van der Waals surface area contributed by atoms with Gasteiger partial charge < -0.3 is 29.2 Å². The first-order valence-electron chi connectivity index (χ1n) is 11.2. The molecule has 0 unspecified atom stereocenters. The minimum atomic E-state index is -0.722. The van der Waals surface area contributed by atoms with Crippen LogP contribution in [0.3, 0.4) is 0 Å². The summed E-state index contributed by atoms with van der Waals surface area (Å²) < 4.78 is 19.9. The standard InChI is InChI=1S/C19H24O4.C9H10O3/c1-19(2,15-3-7-17(8-4-15)22-13-11-20)16-5-9-18(10-6-16)23-14-12-21;1-3-5-7-11-9(10)12-8-6-4-2/h3-10,20-21H,11-14H2,1-2H3;1-2H,5-8H2. The molecule has 0 aromatic heterocycles. The molecule has 7 nitrogen and oxygen atoms in total. The molecule has 2 aromatic rings. The lowest BCUT2D eigenvalue weighted by Crippen LogP contribution is -2.18. The fourth-order valence-corrected chi connectivity index (χ4v) is 2.86. The first kappa shape index (κ1) is 29.4. The molecule has 0 saturated heterocycles. The summed E-state index contributed by atoms with van der Waals surface area (Å²) in [7, 11) is 0. The zero-order chi connectivity index (χ0) is 25.9. The molecule has 0 radical (unpaired) electrons. The van der Waals surface area contributed by atoms with Crippen LogP contribution < -0.4 is 9.47 Å². The summed E-state index contributed by atoms with van der Waals surface area (Å²) in [6, 6.07) is 15.9. The van der Waals surface area contributed by atoms with E-state index in [0.717, 1.165) is 11.5 Å². The molecule has 0 fully saturated rings. The molecular formula is C28H34O7. The molecule has 0 heterocycles. The summed E-state index contributed by atoms with van der Waals surface area (Å²) in [5.74, 6) is 6.16. The second-order valence-corrected chi connectivity index (χ2v) is 7.67. The maximum absolute atomic E-state index is 10.6. The summed E-state index contributed by atoms with van der Waals surface area (Å²) in [5, 5.41) is 17.6. The van der Waals surface area contributed by atoms with Gasteiger partial charge in [0.15, 0.2) is 0 Å². The molecule has 0 spiro atoms. The van der Waals surface area contributed by atoms with Crippen LogP contribution in [0.4, 0.5) is 4.79 Å². The van der Waals surface area contributed by atoms with Gasteiger partial charge in [-0.15, -0.1) is 24.7 Å². The number of ether oxygens (including phenoxy) is 4. The van der Waals surface area contributed by atoms with Crippen LogP contribution in [-0.2, 0) is 14.9 Å². The molecule has 0 amide bonds. The van der Waals surface area contributed by atoms with Gasteiger partial charge in [0.25, 0.3) is 0 Å². The molecule has 188 valence electrons. The van der Waals surface area contributed by atoms with Gasteiger partial charge in [-0.3, -0.25) is 0 Å². The van der Waals surface area contributed by atoms with Crippen molar-refractivity contribution in [2.45, 2.75) is 32.1 Å². The van der Waals surface area contributed by atoms with E-state index in [1.54, 1.807) is 0 Å². The van der Waals surface area contributed by atoms with Gasteiger partial charge in [-0.1, -0.05) is 38.1 Å². The molecule has 2 rings (SSSR count). The van der Waals surface area contributed by atoms with Crippen LogP contribution in [-0.4, -0.2) is 56.0 Å². The fraction of sp³-hybridized carbons (Fsp3) is 0.393. The summed E-state index contributed by atoms with van der Waals surface area (Å²) in [6.45, 7) is 5.34. The number of terminal acetylenes is 2. The summed E-state index contributed by atoms with van der Waals surface area (Å²) in [4.78, 5) is 10.6. The normalized spacial score (nSPS) is 10.1. The predicted molar refractivity (Wildman–Crippen MR) is 134 cm³/mol. The van der Waals surface area contributed by atoms with Gasteiger partial charge in [-0.05, 0) is 35.4 Å². The van der Waals surface area contributed by atoms with Crippen molar-refractivity contribution in [1.29, 1.82) is 0 Å². The van der Waals surface area contributed by atoms with Crippen LogP contribution in [0.1, 0.15) is 37.8 Å². The number of aliphatic hydroxyl groups is 2. The number of rotatable bonds is 12. The van der Waals surface area contributed by atoms with Crippen molar-refractivity contribution >= 4 is 6.16 Å². The number of carbonyl (C=O) groups excluding carboxylic acids is 1. The highest BCUT2D eigenvalue weighted by Gasteiger charge is 2.23. The second kappa shape index (κ2) is 16.9. The lowest BCUT2D eigenvalue weighted by atomic mass is 9.78. The van der Waals surface area contributed by atoms with E-state index >= 15 is 0 Å². The molecule has 2 N–H and O–H groups in total. The molecular weight excluding hydrogens is 448 g/mol. The number of carbonyl (C=O) groups is 1. The minimum absolute atomic E-state index is 0.0119. The highest BCUT2D eigenvalue weighted by atomic mass is 16.7. The molecule has 0 aliphatic rings. The SMILES string of the molecule is C#CCCOC(=O)OCCC#C.CC(C)(c1ccc(OCCO)cc1)c1ccc(OCCO)cc1. The smallest absolute Gasteiger partial charge is 0.491 e. The Balaban J connectivity index is 0.000000434. The van der Waals surface area contributed by atoms with Gasteiger partial charge in [-0.25, -0.2) is 4.79 Å². The summed E-state index contributed by atoms with van der Waals surface area (Å²) in [6.07, 6.45) is 9.92. The number of benzene rings is 2. The van der Waals surface area contributed by atoms with Crippen molar-refractivity contribution < 1.29 is 34.0 Å². The van der Waals surface area contributed by atoms with Crippen LogP contribution in [0.15, 0.2) is 48.5 Å². The Hall–Kier alpha value is -3.65. The third kappa shape index (κ3) is 11.4. The van der Waals surface area contributed by atoms with E-state index in [1.807, 2.05) is 48.5 Å². The van der Waals surface area contributed by atoms with Gasteiger partial charge in [0.1, 0.15) is 37.9 Å². The van der Waals surface area contributed by atoms with Crippen LogP contribution in [0.25, 0.3) is 0 Å². The summed E-state index contributed by atoms with van der Waals surface area (Å²) in [5.41, 5.74) is 2.21. The highest BCUT2D eigenvalue weighted by molar-refractivity contribution is 5.59. The molecule has 0 atom stereocenters. The van der Waals surface area contributed by atoms with Crippen LogP contribution in [0, 0.1) is 24.7 Å². The minimum Gasteiger partial charge on any atom is -0.491 e. The first-order chi connectivity index (χ1) is 16.9. The average molecular weight is 483 g/mol. The molecule has 0 bridgehead atoms. The van der Waals surface area contributed by atoms with E-state index in [1.165, 1.54) is 11.1 Å². The van der Waals surface area contributed by atoms with Crippen LogP contribution in [0.2, 0.25) is 0 Å². The third-order valence-electron chi connectivity index (χ3n) is 4.80. The van der Waals surface area contributed by atoms with Gasteiger partial charge in [0, 0.05) is 18.3 Å². The van der Waals surface area contributed by atoms with Crippen LogP contribution >= 0.6 is 0 Å². The van der Waals surface area contributed by atoms with Gasteiger partial charge in [0.05, 0.1) is 13.2 Å². The van der Waals surface area contributed by atoms with E-state index in [2.05, 4.69) is 35.2 Å². The zero-order valence-electron chi connectivity index (χ0n) is 20.4. The van der Waals surface area contributed by atoms with Gasteiger partial charge >= 0.3 is 6.16 Å².